The second-order valence-corrected chi connectivity index (χ2v) is 3.89. The van der Waals surface area contributed by atoms with Crippen LogP contribution in [0.1, 0.15) is 6.92 Å². The zero-order valence-electron chi connectivity index (χ0n) is 9.40. The van der Waals surface area contributed by atoms with E-state index >= 15 is 0 Å². The first kappa shape index (κ1) is 18.7. The Morgan fingerprint density at radius 1 is 1.47 bits per heavy atom. The number of hydrogen-bond donors (Lipinski definition) is 2. The van der Waals surface area contributed by atoms with Gasteiger partial charge < -0.3 is 10.2 Å². The third-order valence-electron chi connectivity index (χ3n) is 1.60. The number of carboxylic acids is 2. The maximum Gasteiger partial charge on any atom is 0.414 e. The molecule has 0 saturated carbocycles. The van der Waals surface area contributed by atoms with Gasteiger partial charge in [-0.2, -0.15) is 11.8 Å². The molecule has 100 valence electrons. The molecule has 1 aliphatic rings. The van der Waals surface area contributed by atoms with Crippen molar-refractivity contribution in [1.82, 2.24) is 0 Å². The monoisotopic (exact) mass is 441 g/mol. The number of amidine groups is 1. The number of thioether (sulfide) groups is 1. The van der Waals surface area contributed by atoms with Gasteiger partial charge in [-0.05, 0) is 6.26 Å². The number of aliphatic carboxylic acids is 2. The fourth-order valence-electron chi connectivity index (χ4n) is 0.917. The molecule has 8 heteroatoms. The van der Waals surface area contributed by atoms with Crippen molar-refractivity contribution in [1.29, 1.82) is 0 Å². The normalized spacial score (nSPS) is 13.9. The number of nitrogens with zero attached hydrogens (tertiary/aromatic N) is 2. The SMILES string of the molecule is CSCC(C)C1=NCC=N1.O=C(O)C(=O)O.[Pt]. The van der Waals surface area contributed by atoms with Crippen LogP contribution in [0.2, 0.25) is 0 Å². The van der Waals surface area contributed by atoms with Crippen molar-refractivity contribution in [3.8, 4) is 0 Å². The van der Waals surface area contributed by atoms with Gasteiger partial charge in [-0.15, -0.1) is 0 Å². The molecule has 1 rings (SSSR count). The Labute approximate surface area is 118 Å². The Morgan fingerprint density at radius 3 is 2.29 bits per heavy atom. The smallest absolute Gasteiger partial charge is 0.414 e. The number of rotatable bonds is 3. The van der Waals surface area contributed by atoms with Gasteiger partial charge in [-0.1, -0.05) is 6.92 Å². The van der Waals surface area contributed by atoms with Gasteiger partial charge in [0.1, 0.15) is 5.84 Å². The molecule has 6 nitrogen and oxygen atoms in total. The molecular formula is C9H14N2O4PtS. The summed E-state index contributed by atoms with van der Waals surface area (Å²) in [7, 11) is 0. The van der Waals surface area contributed by atoms with E-state index < -0.39 is 11.9 Å². The summed E-state index contributed by atoms with van der Waals surface area (Å²) in [5, 5.41) is 14.8. The van der Waals surface area contributed by atoms with Crippen LogP contribution in [-0.2, 0) is 30.7 Å². The van der Waals surface area contributed by atoms with Gasteiger partial charge in [0, 0.05) is 39.0 Å². The van der Waals surface area contributed by atoms with E-state index in [9.17, 15) is 0 Å². The first-order valence-corrected chi connectivity index (χ1v) is 5.90. The van der Waals surface area contributed by atoms with Crippen LogP contribution >= 0.6 is 11.8 Å². The minimum Gasteiger partial charge on any atom is -0.473 e. The Kier molecular flexibility index (Phi) is 11.5. The summed E-state index contributed by atoms with van der Waals surface area (Å²) >= 11 is 1.84. The van der Waals surface area contributed by atoms with E-state index in [0.29, 0.717) is 5.92 Å². The van der Waals surface area contributed by atoms with Crippen LogP contribution in [0.4, 0.5) is 0 Å². The molecule has 0 radical (unpaired) electrons. The zero-order valence-corrected chi connectivity index (χ0v) is 12.5. The third kappa shape index (κ3) is 9.06. The summed E-state index contributed by atoms with van der Waals surface area (Å²) in [6.45, 7) is 2.95. The molecule has 0 aliphatic carbocycles. The average molecular weight is 441 g/mol. The second kappa shape index (κ2) is 10.5. The number of hydrogen-bond acceptors (Lipinski definition) is 5. The van der Waals surface area contributed by atoms with E-state index in [-0.39, 0.29) is 21.1 Å². The van der Waals surface area contributed by atoms with Crippen molar-refractivity contribution in [2.75, 3.05) is 18.6 Å². The van der Waals surface area contributed by atoms with Crippen molar-refractivity contribution < 1.29 is 40.9 Å². The van der Waals surface area contributed by atoms with Crippen LogP contribution in [0.25, 0.3) is 0 Å². The number of carbonyl (C=O) groups is 2. The average Bonchev–Trinajstić information content (AvgIpc) is 2.71. The Morgan fingerprint density at radius 2 is 2.00 bits per heavy atom. The van der Waals surface area contributed by atoms with E-state index in [1.54, 1.807) is 0 Å². The van der Waals surface area contributed by atoms with Crippen molar-refractivity contribution >= 4 is 35.8 Å². The topological polar surface area (TPSA) is 99.3 Å². The van der Waals surface area contributed by atoms with Gasteiger partial charge in [0.25, 0.3) is 0 Å². The molecule has 0 aromatic carbocycles. The summed E-state index contributed by atoms with van der Waals surface area (Å²) in [5.41, 5.74) is 0. The molecule has 0 spiro atoms. The Hall–Kier alpha value is -0.682. The summed E-state index contributed by atoms with van der Waals surface area (Å²) in [5.74, 6) is -0.982. The van der Waals surface area contributed by atoms with Gasteiger partial charge in [0.2, 0.25) is 0 Å². The van der Waals surface area contributed by atoms with Gasteiger partial charge >= 0.3 is 11.9 Å². The maximum absolute atomic E-state index is 9.10. The van der Waals surface area contributed by atoms with Gasteiger partial charge in [0.05, 0.1) is 6.54 Å². The zero-order chi connectivity index (χ0) is 12.6. The van der Waals surface area contributed by atoms with Crippen molar-refractivity contribution in [3.63, 3.8) is 0 Å². The van der Waals surface area contributed by atoms with Gasteiger partial charge in [0.15, 0.2) is 0 Å². The predicted octanol–water partition coefficient (Wildman–Crippen LogP) is 0.622. The van der Waals surface area contributed by atoms with Crippen molar-refractivity contribution in [2.45, 2.75) is 6.92 Å². The fraction of sp³-hybridized carbons (Fsp3) is 0.556. The molecule has 0 aromatic heterocycles. The molecule has 1 aliphatic heterocycles. The molecule has 1 atom stereocenters. The minimum atomic E-state index is -1.82. The Bertz CT molecular complexity index is 308. The predicted molar refractivity (Wildman–Crippen MR) is 63.6 cm³/mol. The van der Waals surface area contributed by atoms with Crippen LogP contribution in [0, 0.1) is 5.92 Å². The maximum atomic E-state index is 9.10. The summed E-state index contributed by atoms with van der Waals surface area (Å²) < 4.78 is 0. The molecule has 0 saturated heterocycles. The Balaban J connectivity index is 0. The molecule has 0 aromatic rings. The van der Waals surface area contributed by atoms with Gasteiger partial charge in [-0.25, -0.2) is 14.6 Å². The van der Waals surface area contributed by atoms with E-state index in [2.05, 4.69) is 23.2 Å². The molecule has 1 heterocycles. The fourth-order valence-corrected chi connectivity index (χ4v) is 1.57. The molecule has 17 heavy (non-hydrogen) atoms. The van der Waals surface area contributed by atoms with Gasteiger partial charge in [-0.3, -0.25) is 4.99 Å². The van der Waals surface area contributed by atoms with E-state index in [1.165, 1.54) is 0 Å². The first-order chi connectivity index (χ1) is 7.49. The van der Waals surface area contributed by atoms with Crippen LogP contribution < -0.4 is 0 Å². The second-order valence-electron chi connectivity index (χ2n) is 2.98. The molecule has 1 unspecified atom stereocenters. The molecule has 2 N–H and O–H groups in total. The van der Waals surface area contributed by atoms with Crippen molar-refractivity contribution in [3.05, 3.63) is 0 Å². The van der Waals surface area contributed by atoms with Crippen LogP contribution in [0.5, 0.6) is 0 Å². The molecule has 0 amide bonds. The standard InChI is InChI=1S/C7H12N2S.C2H2O4.Pt/c1-6(5-10-2)7-8-3-4-9-7;3-1(4)2(5)6;/h3,6H,4-5H2,1-2H3;(H,3,4)(H,5,6);. The summed E-state index contributed by atoms with van der Waals surface area (Å²) in [6, 6.07) is 0. The largest absolute Gasteiger partial charge is 0.473 e. The van der Waals surface area contributed by atoms with Crippen molar-refractivity contribution in [2.24, 2.45) is 15.9 Å². The first-order valence-electron chi connectivity index (χ1n) is 4.51. The molecule has 0 bridgehead atoms. The van der Waals surface area contributed by atoms with E-state index in [0.717, 1.165) is 18.1 Å². The number of aliphatic imine (C=N–C) groups is 2. The quantitative estimate of drug-likeness (QED) is 0.626. The minimum absolute atomic E-state index is 0. The summed E-state index contributed by atoms with van der Waals surface area (Å²) in [4.78, 5) is 26.6. The molecule has 0 fully saturated rings. The third-order valence-corrected chi connectivity index (χ3v) is 2.43. The van der Waals surface area contributed by atoms with Crippen LogP contribution in [-0.4, -0.2) is 52.8 Å². The molecular weight excluding hydrogens is 427 g/mol. The van der Waals surface area contributed by atoms with E-state index in [1.807, 2.05) is 18.0 Å². The van der Waals surface area contributed by atoms with E-state index in [4.69, 9.17) is 19.8 Å². The van der Waals surface area contributed by atoms with Crippen LogP contribution in [0.3, 0.4) is 0 Å². The van der Waals surface area contributed by atoms with Crippen LogP contribution in [0.15, 0.2) is 9.98 Å². The summed E-state index contributed by atoms with van der Waals surface area (Å²) in [6.07, 6.45) is 3.97. The number of carboxylic acid groups (broad SMARTS) is 2.